The number of hydrogen-bond acceptors (Lipinski definition) is 10. The van der Waals surface area contributed by atoms with E-state index in [0.29, 0.717) is 5.56 Å². The molecular weight excluding hydrogens is 486 g/mol. The maximum atomic E-state index is 12.3. The topological polar surface area (TPSA) is 147 Å². The van der Waals surface area contributed by atoms with Crippen molar-refractivity contribution in [2.45, 2.75) is 74.0 Å². The van der Waals surface area contributed by atoms with Gasteiger partial charge in [-0.05, 0) is 41.9 Å². The van der Waals surface area contributed by atoms with Crippen LogP contribution in [0, 0.1) is 10.8 Å². The molecular formula is C26H39NO10. The van der Waals surface area contributed by atoms with Gasteiger partial charge >= 0.3 is 24.2 Å². The molecule has 0 aliphatic heterocycles. The van der Waals surface area contributed by atoms with Gasteiger partial charge in [0.25, 0.3) is 0 Å². The summed E-state index contributed by atoms with van der Waals surface area (Å²) in [5.41, 5.74) is -0.125. The van der Waals surface area contributed by atoms with Crippen molar-refractivity contribution in [1.82, 2.24) is 5.32 Å². The Morgan fingerprint density at radius 1 is 0.892 bits per heavy atom. The normalized spacial score (nSPS) is 13.2. The lowest BCUT2D eigenvalue weighted by molar-refractivity contribution is -0.145. The number of carboxylic acid groups (broad SMARTS) is 1. The fraction of sp³-hybridized carbons (Fsp3) is 0.615. The summed E-state index contributed by atoms with van der Waals surface area (Å²) < 4.78 is 25.8. The number of carbonyl (C=O) groups excluding carboxylic acids is 3. The van der Waals surface area contributed by atoms with Crippen LogP contribution in [0.25, 0.3) is 0 Å². The summed E-state index contributed by atoms with van der Waals surface area (Å²) in [6, 6.07) is 3.26. The molecule has 1 aromatic rings. The predicted octanol–water partition coefficient (Wildman–Crippen LogP) is 4.35. The van der Waals surface area contributed by atoms with Crippen LogP contribution in [0.15, 0.2) is 18.2 Å². The predicted molar refractivity (Wildman–Crippen MR) is 134 cm³/mol. The molecule has 2 atom stereocenters. The SMILES string of the molecule is CC(=O)OC(C)CN[C@@H](Cc1ccc(OC(=O)OCC(C)(C)C)c(OC(=O)OCC(C)(C)C)c1)C(=O)O. The first-order chi connectivity index (χ1) is 16.9. The van der Waals surface area contributed by atoms with E-state index < -0.39 is 36.4 Å². The Kier molecular flexibility index (Phi) is 11.8. The molecule has 208 valence electrons. The van der Waals surface area contributed by atoms with E-state index in [2.05, 4.69) is 5.32 Å². The first kappa shape index (κ1) is 31.7. The number of ether oxygens (including phenoxy) is 5. The lowest BCUT2D eigenvalue weighted by Crippen LogP contribution is -2.42. The van der Waals surface area contributed by atoms with E-state index in [9.17, 15) is 24.3 Å². The Morgan fingerprint density at radius 2 is 1.41 bits per heavy atom. The smallest absolute Gasteiger partial charge is 0.480 e. The van der Waals surface area contributed by atoms with Gasteiger partial charge in [-0.3, -0.25) is 9.59 Å². The third kappa shape index (κ3) is 14.1. The number of carbonyl (C=O) groups is 4. The number of aliphatic carboxylic acids is 1. The molecule has 0 saturated carbocycles. The van der Waals surface area contributed by atoms with Gasteiger partial charge in [-0.25, -0.2) is 9.59 Å². The zero-order valence-corrected chi connectivity index (χ0v) is 22.8. The summed E-state index contributed by atoms with van der Waals surface area (Å²) in [5, 5.41) is 12.5. The summed E-state index contributed by atoms with van der Waals surface area (Å²) in [7, 11) is 0. The van der Waals surface area contributed by atoms with E-state index in [1.165, 1.54) is 25.1 Å². The zero-order valence-electron chi connectivity index (χ0n) is 22.8. The van der Waals surface area contributed by atoms with Crippen molar-refractivity contribution in [3.05, 3.63) is 23.8 Å². The number of carboxylic acids is 1. The molecule has 0 spiro atoms. The van der Waals surface area contributed by atoms with Gasteiger partial charge in [0.2, 0.25) is 0 Å². The van der Waals surface area contributed by atoms with Crippen molar-refractivity contribution in [2.24, 2.45) is 10.8 Å². The number of esters is 1. The monoisotopic (exact) mass is 525 g/mol. The summed E-state index contributed by atoms with van der Waals surface area (Å²) >= 11 is 0. The van der Waals surface area contributed by atoms with Crippen molar-refractivity contribution in [3.8, 4) is 11.5 Å². The average Bonchev–Trinajstić information content (AvgIpc) is 2.73. The Hall–Kier alpha value is -3.34. The summed E-state index contributed by atoms with van der Waals surface area (Å²) in [4.78, 5) is 47.4. The van der Waals surface area contributed by atoms with Crippen LogP contribution in [0.3, 0.4) is 0 Å². The number of rotatable bonds is 11. The van der Waals surface area contributed by atoms with Crippen LogP contribution >= 0.6 is 0 Å². The highest BCUT2D eigenvalue weighted by Gasteiger charge is 2.23. The fourth-order valence-corrected chi connectivity index (χ4v) is 2.75. The molecule has 0 bridgehead atoms. The first-order valence-corrected chi connectivity index (χ1v) is 11.9. The highest BCUT2D eigenvalue weighted by atomic mass is 16.7. The van der Waals surface area contributed by atoms with Gasteiger partial charge in [-0.15, -0.1) is 0 Å². The second-order valence-corrected chi connectivity index (χ2v) is 11.1. The third-order valence-electron chi connectivity index (χ3n) is 4.40. The molecule has 0 heterocycles. The molecule has 0 aliphatic rings. The van der Waals surface area contributed by atoms with Gasteiger partial charge in [0.05, 0.1) is 13.2 Å². The molecule has 0 saturated heterocycles. The molecule has 11 nitrogen and oxygen atoms in total. The van der Waals surface area contributed by atoms with Gasteiger partial charge in [0.1, 0.15) is 12.1 Å². The fourth-order valence-electron chi connectivity index (χ4n) is 2.75. The molecule has 1 rings (SSSR count). The van der Waals surface area contributed by atoms with E-state index in [4.69, 9.17) is 23.7 Å². The van der Waals surface area contributed by atoms with Crippen molar-refractivity contribution in [2.75, 3.05) is 19.8 Å². The van der Waals surface area contributed by atoms with Crippen LogP contribution in [0.1, 0.15) is 61.0 Å². The quantitative estimate of drug-likeness (QED) is 0.241. The van der Waals surface area contributed by atoms with Gasteiger partial charge in [0.15, 0.2) is 11.5 Å². The first-order valence-electron chi connectivity index (χ1n) is 11.9. The Labute approximate surface area is 217 Å². The maximum absolute atomic E-state index is 12.3. The zero-order chi connectivity index (χ0) is 28.4. The van der Waals surface area contributed by atoms with Crippen molar-refractivity contribution in [1.29, 1.82) is 0 Å². The molecule has 0 radical (unpaired) electrons. The lowest BCUT2D eigenvalue weighted by atomic mass is 9.99. The minimum absolute atomic E-state index is 0.00965. The second-order valence-electron chi connectivity index (χ2n) is 11.1. The highest BCUT2D eigenvalue weighted by Crippen LogP contribution is 2.30. The van der Waals surface area contributed by atoms with E-state index in [1.54, 1.807) is 6.92 Å². The maximum Gasteiger partial charge on any atom is 0.513 e. The Morgan fingerprint density at radius 3 is 1.86 bits per heavy atom. The highest BCUT2D eigenvalue weighted by molar-refractivity contribution is 5.74. The van der Waals surface area contributed by atoms with E-state index >= 15 is 0 Å². The molecule has 2 N–H and O–H groups in total. The third-order valence-corrected chi connectivity index (χ3v) is 4.40. The minimum atomic E-state index is -1.13. The van der Waals surface area contributed by atoms with E-state index in [1.807, 2.05) is 41.5 Å². The van der Waals surface area contributed by atoms with Crippen molar-refractivity contribution >= 4 is 24.2 Å². The lowest BCUT2D eigenvalue weighted by Gasteiger charge is -2.20. The van der Waals surface area contributed by atoms with Gasteiger partial charge < -0.3 is 34.1 Å². The van der Waals surface area contributed by atoms with Crippen molar-refractivity contribution < 1.29 is 48.0 Å². The number of benzene rings is 1. The van der Waals surface area contributed by atoms with E-state index in [-0.39, 0.29) is 48.5 Å². The van der Waals surface area contributed by atoms with Crippen LogP contribution in [0.5, 0.6) is 11.5 Å². The number of nitrogens with one attached hydrogen (secondary N) is 1. The minimum Gasteiger partial charge on any atom is -0.480 e. The van der Waals surface area contributed by atoms with Crippen LogP contribution in [-0.4, -0.2) is 61.3 Å². The molecule has 1 unspecified atom stereocenters. The largest absolute Gasteiger partial charge is 0.513 e. The van der Waals surface area contributed by atoms with Gasteiger partial charge in [-0.2, -0.15) is 0 Å². The van der Waals surface area contributed by atoms with Crippen LogP contribution < -0.4 is 14.8 Å². The molecule has 37 heavy (non-hydrogen) atoms. The number of hydrogen-bond donors (Lipinski definition) is 2. The Balaban J connectivity index is 3.08. The summed E-state index contributed by atoms with van der Waals surface area (Å²) in [5.74, 6) is -1.84. The average molecular weight is 526 g/mol. The molecule has 0 amide bonds. The van der Waals surface area contributed by atoms with E-state index in [0.717, 1.165) is 0 Å². The van der Waals surface area contributed by atoms with Crippen LogP contribution in [0.2, 0.25) is 0 Å². The van der Waals surface area contributed by atoms with Gasteiger partial charge in [-0.1, -0.05) is 47.6 Å². The molecule has 11 heteroatoms. The molecule has 0 fully saturated rings. The Bertz CT molecular complexity index is 946. The molecule has 0 aromatic heterocycles. The standard InChI is InChI=1S/C26H39NO10/c1-16(35-17(2)28)13-27-19(22(29)30)11-18-9-10-20(36-23(31)33-14-25(3,4)5)21(12-18)37-24(32)34-15-26(6,7)8/h9-10,12,16,19,27H,11,13-15H2,1-8H3,(H,29,30)/t16?,19-/m0/s1. The van der Waals surface area contributed by atoms with Crippen molar-refractivity contribution in [3.63, 3.8) is 0 Å². The summed E-state index contributed by atoms with van der Waals surface area (Å²) in [6.07, 6.45) is -2.54. The molecule has 0 aliphatic carbocycles. The molecule has 1 aromatic carbocycles. The second kappa shape index (κ2) is 13.8. The van der Waals surface area contributed by atoms with Crippen LogP contribution in [-0.2, 0) is 30.2 Å². The van der Waals surface area contributed by atoms with Crippen LogP contribution in [0.4, 0.5) is 9.59 Å². The summed E-state index contributed by atoms with van der Waals surface area (Å²) in [6.45, 7) is 14.5. The van der Waals surface area contributed by atoms with Gasteiger partial charge in [0, 0.05) is 13.5 Å².